The van der Waals surface area contributed by atoms with E-state index >= 15 is 0 Å². The zero-order valence-corrected chi connectivity index (χ0v) is 10.7. The molecule has 0 aliphatic heterocycles. The van der Waals surface area contributed by atoms with E-state index in [1.54, 1.807) is 14.2 Å². The smallest absolute Gasteiger partial charge is 0.224 e. The van der Waals surface area contributed by atoms with Gasteiger partial charge in [-0.25, -0.2) is 4.98 Å². The van der Waals surface area contributed by atoms with E-state index in [9.17, 15) is 0 Å². The fourth-order valence-corrected chi connectivity index (χ4v) is 1.56. The molecule has 2 N–H and O–H groups in total. The van der Waals surface area contributed by atoms with Crippen LogP contribution in [0.5, 0.6) is 0 Å². The van der Waals surface area contributed by atoms with Gasteiger partial charge in [0, 0.05) is 27.2 Å². The second-order valence-electron chi connectivity index (χ2n) is 3.32. The van der Waals surface area contributed by atoms with Gasteiger partial charge in [-0.3, -0.25) is 0 Å². The van der Waals surface area contributed by atoms with Crippen LogP contribution in [-0.4, -0.2) is 55.5 Å². The molecule has 0 aliphatic rings. The van der Waals surface area contributed by atoms with Crippen molar-refractivity contribution in [3.63, 3.8) is 0 Å². The number of nitrogens with zero attached hydrogens (tertiary/aromatic N) is 3. The minimum Gasteiger partial charge on any atom is -0.395 e. The number of rotatable bonds is 7. The van der Waals surface area contributed by atoms with Gasteiger partial charge in [-0.2, -0.15) is 4.98 Å². The van der Waals surface area contributed by atoms with Crippen molar-refractivity contribution in [2.24, 2.45) is 0 Å². The maximum absolute atomic E-state index is 9.03. The number of aliphatic hydroxyl groups excluding tert-OH is 1. The average molecular weight is 261 g/mol. The minimum atomic E-state index is 0.0267. The molecule has 1 aromatic rings. The van der Waals surface area contributed by atoms with Crippen LogP contribution in [0.4, 0.5) is 11.8 Å². The molecule has 0 unspecified atom stereocenters. The number of aromatic nitrogens is 2. The van der Waals surface area contributed by atoms with Crippen LogP contribution in [0.1, 0.15) is 0 Å². The summed E-state index contributed by atoms with van der Waals surface area (Å²) < 4.78 is 5.01. The van der Waals surface area contributed by atoms with Gasteiger partial charge in [-0.1, -0.05) is 11.6 Å². The van der Waals surface area contributed by atoms with E-state index in [1.165, 1.54) is 6.20 Å². The Morgan fingerprint density at radius 3 is 2.88 bits per heavy atom. The zero-order valence-electron chi connectivity index (χ0n) is 9.98. The third-order valence-electron chi connectivity index (χ3n) is 2.18. The monoisotopic (exact) mass is 260 g/mol. The topological polar surface area (TPSA) is 70.5 Å². The van der Waals surface area contributed by atoms with Crippen molar-refractivity contribution in [3.8, 4) is 0 Å². The van der Waals surface area contributed by atoms with Gasteiger partial charge < -0.3 is 20.1 Å². The fraction of sp³-hybridized carbons (Fsp3) is 0.600. The largest absolute Gasteiger partial charge is 0.395 e. The summed E-state index contributed by atoms with van der Waals surface area (Å²) in [5.41, 5.74) is 0. The van der Waals surface area contributed by atoms with E-state index in [0.717, 1.165) is 0 Å². The second kappa shape index (κ2) is 7.26. The van der Waals surface area contributed by atoms with Crippen molar-refractivity contribution in [2.45, 2.75) is 0 Å². The van der Waals surface area contributed by atoms with Crippen molar-refractivity contribution >= 4 is 23.4 Å². The molecule has 0 fully saturated rings. The highest BCUT2D eigenvalue weighted by Gasteiger charge is 2.13. The molecular formula is C10H17ClN4O2. The Labute approximate surface area is 106 Å². The van der Waals surface area contributed by atoms with Gasteiger partial charge in [0.15, 0.2) is 5.82 Å². The van der Waals surface area contributed by atoms with E-state index in [0.29, 0.717) is 36.5 Å². The minimum absolute atomic E-state index is 0.0267. The molecule has 7 heteroatoms. The van der Waals surface area contributed by atoms with E-state index in [1.807, 2.05) is 4.90 Å². The number of nitrogens with one attached hydrogen (secondary N) is 1. The third-order valence-corrected chi connectivity index (χ3v) is 2.45. The first-order valence-electron chi connectivity index (χ1n) is 5.28. The standard InChI is InChI=1S/C10H17ClN4O2/c1-12-10-13-7-8(11)9(14-10)15(3-5-16)4-6-17-2/h7,16H,3-6H2,1-2H3,(H,12,13,14). The van der Waals surface area contributed by atoms with Gasteiger partial charge in [-0.15, -0.1) is 0 Å². The van der Waals surface area contributed by atoms with Gasteiger partial charge >= 0.3 is 0 Å². The predicted molar refractivity (Wildman–Crippen MR) is 67.8 cm³/mol. The molecule has 0 bridgehead atoms. The number of halogens is 1. The first kappa shape index (κ1) is 14.0. The van der Waals surface area contributed by atoms with Gasteiger partial charge in [-0.05, 0) is 0 Å². The molecule has 96 valence electrons. The molecule has 17 heavy (non-hydrogen) atoms. The fourth-order valence-electron chi connectivity index (χ4n) is 1.35. The Balaban J connectivity index is 2.90. The molecule has 0 saturated heterocycles. The lowest BCUT2D eigenvalue weighted by atomic mass is 10.4. The molecule has 1 rings (SSSR count). The van der Waals surface area contributed by atoms with Crippen molar-refractivity contribution in [1.82, 2.24) is 9.97 Å². The molecule has 0 saturated carbocycles. The number of anilines is 2. The molecule has 0 amide bonds. The third kappa shape index (κ3) is 3.99. The highest BCUT2D eigenvalue weighted by atomic mass is 35.5. The SMILES string of the molecule is CNc1ncc(Cl)c(N(CCO)CCOC)n1. The highest BCUT2D eigenvalue weighted by Crippen LogP contribution is 2.23. The van der Waals surface area contributed by atoms with Crippen LogP contribution in [0.3, 0.4) is 0 Å². The van der Waals surface area contributed by atoms with Gasteiger partial charge in [0.2, 0.25) is 5.95 Å². The van der Waals surface area contributed by atoms with Crippen molar-refractivity contribution in [1.29, 1.82) is 0 Å². The number of hydrogen-bond donors (Lipinski definition) is 2. The highest BCUT2D eigenvalue weighted by molar-refractivity contribution is 6.32. The maximum atomic E-state index is 9.03. The Hall–Kier alpha value is -1.11. The quantitative estimate of drug-likeness (QED) is 0.749. The summed E-state index contributed by atoms with van der Waals surface area (Å²) in [7, 11) is 3.36. The Morgan fingerprint density at radius 1 is 1.53 bits per heavy atom. The van der Waals surface area contributed by atoms with E-state index in [2.05, 4.69) is 15.3 Å². The Bertz CT molecular complexity index is 351. The molecule has 0 atom stereocenters. The van der Waals surface area contributed by atoms with Crippen LogP contribution in [-0.2, 0) is 4.74 Å². The van der Waals surface area contributed by atoms with Crippen LogP contribution in [0, 0.1) is 0 Å². The van der Waals surface area contributed by atoms with Crippen LogP contribution in [0.15, 0.2) is 6.20 Å². The number of aliphatic hydroxyl groups is 1. The lowest BCUT2D eigenvalue weighted by Crippen LogP contribution is -2.31. The zero-order chi connectivity index (χ0) is 12.7. The van der Waals surface area contributed by atoms with E-state index < -0.39 is 0 Å². The summed E-state index contributed by atoms with van der Waals surface area (Å²) in [6, 6.07) is 0. The maximum Gasteiger partial charge on any atom is 0.224 e. The van der Waals surface area contributed by atoms with Crippen LogP contribution in [0.2, 0.25) is 5.02 Å². The summed E-state index contributed by atoms with van der Waals surface area (Å²) in [5, 5.41) is 12.3. The van der Waals surface area contributed by atoms with Crippen molar-refractivity contribution < 1.29 is 9.84 Å². The van der Waals surface area contributed by atoms with Crippen LogP contribution >= 0.6 is 11.6 Å². The molecule has 0 spiro atoms. The van der Waals surface area contributed by atoms with Gasteiger partial charge in [0.25, 0.3) is 0 Å². The molecule has 0 aromatic carbocycles. The van der Waals surface area contributed by atoms with Gasteiger partial charge in [0.1, 0.15) is 5.02 Å². The van der Waals surface area contributed by atoms with Crippen LogP contribution < -0.4 is 10.2 Å². The Kier molecular flexibility index (Phi) is 5.96. The normalized spacial score (nSPS) is 10.4. The number of hydrogen-bond acceptors (Lipinski definition) is 6. The summed E-state index contributed by atoms with van der Waals surface area (Å²) in [5.74, 6) is 1.09. The second-order valence-corrected chi connectivity index (χ2v) is 3.73. The molecular weight excluding hydrogens is 244 g/mol. The summed E-state index contributed by atoms with van der Waals surface area (Å²) in [6.45, 7) is 1.62. The first-order chi connectivity index (χ1) is 8.22. The molecule has 1 aromatic heterocycles. The van der Waals surface area contributed by atoms with Gasteiger partial charge in [0.05, 0.1) is 19.4 Å². The molecule has 6 nitrogen and oxygen atoms in total. The number of methoxy groups -OCH3 is 1. The summed E-state index contributed by atoms with van der Waals surface area (Å²) >= 11 is 6.05. The molecule has 0 aliphatic carbocycles. The summed E-state index contributed by atoms with van der Waals surface area (Å²) in [6.07, 6.45) is 1.53. The molecule has 0 radical (unpaired) electrons. The van der Waals surface area contributed by atoms with E-state index in [4.69, 9.17) is 21.4 Å². The predicted octanol–water partition coefficient (Wildman–Crippen LogP) is 0.617. The average Bonchev–Trinajstić information content (AvgIpc) is 2.35. The van der Waals surface area contributed by atoms with Crippen molar-refractivity contribution in [2.75, 3.05) is 50.7 Å². The summed E-state index contributed by atoms with van der Waals surface area (Å²) in [4.78, 5) is 10.1. The van der Waals surface area contributed by atoms with E-state index in [-0.39, 0.29) is 6.61 Å². The first-order valence-corrected chi connectivity index (χ1v) is 5.65. The molecule has 1 heterocycles. The lowest BCUT2D eigenvalue weighted by molar-refractivity contribution is 0.202. The number of ether oxygens (including phenoxy) is 1. The lowest BCUT2D eigenvalue weighted by Gasteiger charge is -2.23. The Morgan fingerprint density at radius 2 is 2.29 bits per heavy atom. The van der Waals surface area contributed by atoms with Crippen molar-refractivity contribution in [3.05, 3.63) is 11.2 Å². The van der Waals surface area contributed by atoms with Crippen LogP contribution in [0.25, 0.3) is 0 Å².